The highest BCUT2D eigenvalue weighted by Crippen LogP contribution is 2.33. The highest BCUT2D eigenvalue weighted by molar-refractivity contribution is 5.77. The van der Waals surface area contributed by atoms with Crippen LogP contribution in [0, 0.1) is 6.92 Å². The molecule has 1 aliphatic rings. The Morgan fingerprint density at radius 1 is 1.00 bits per heavy atom. The third kappa shape index (κ3) is 2.17. The topological polar surface area (TPSA) is 28.7 Å². The molecule has 0 aliphatic heterocycles. The fraction of sp³-hybridized carbons (Fsp3) is 0.150. The maximum atomic E-state index is 4.53. The Hall–Kier alpha value is -2.61. The Kier molecular flexibility index (Phi) is 3.15. The lowest BCUT2D eigenvalue weighted by molar-refractivity contribution is 1.05. The van der Waals surface area contributed by atoms with Gasteiger partial charge in [-0.15, -0.1) is 0 Å². The Balaban J connectivity index is 1.72. The summed E-state index contributed by atoms with van der Waals surface area (Å²) in [7, 11) is 0. The van der Waals surface area contributed by atoms with Gasteiger partial charge in [0.05, 0.1) is 5.69 Å². The zero-order chi connectivity index (χ0) is 14.9. The normalized spacial score (nSPS) is 13.0. The molecule has 0 atom stereocenters. The van der Waals surface area contributed by atoms with Crippen LogP contribution < -0.4 is 0 Å². The number of aromatic nitrogens is 2. The van der Waals surface area contributed by atoms with E-state index in [1.54, 1.807) is 0 Å². The Morgan fingerprint density at radius 3 is 2.64 bits per heavy atom. The molecular formula is C20H18N2. The van der Waals surface area contributed by atoms with Crippen molar-refractivity contribution in [3.8, 4) is 11.3 Å². The van der Waals surface area contributed by atoms with Gasteiger partial charge in [0, 0.05) is 23.2 Å². The van der Waals surface area contributed by atoms with Crippen LogP contribution in [0.3, 0.4) is 0 Å². The number of hydrogen-bond donors (Lipinski definition) is 1. The van der Waals surface area contributed by atoms with E-state index >= 15 is 0 Å². The number of hydrogen-bond acceptors (Lipinski definition) is 1. The molecule has 0 amide bonds. The molecule has 0 saturated carbocycles. The Labute approximate surface area is 130 Å². The van der Waals surface area contributed by atoms with Gasteiger partial charge in [0.15, 0.2) is 0 Å². The van der Waals surface area contributed by atoms with Gasteiger partial charge in [0.2, 0.25) is 0 Å². The van der Waals surface area contributed by atoms with Gasteiger partial charge < -0.3 is 0 Å². The van der Waals surface area contributed by atoms with E-state index in [-0.39, 0.29) is 0 Å². The van der Waals surface area contributed by atoms with Gasteiger partial charge in [0.1, 0.15) is 0 Å². The summed E-state index contributed by atoms with van der Waals surface area (Å²) in [6.07, 6.45) is 4.33. The van der Waals surface area contributed by atoms with Crippen LogP contribution in [0.25, 0.3) is 16.8 Å². The summed E-state index contributed by atoms with van der Waals surface area (Å²) in [5, 5.41) is 7.69. The second kappa shape index (κ2) is 5.30. The van der Waals surface area contributed by atoms with Crippen LogP contribution in [-0.2, 0) is 12.8 Å². The largest absolute Gasteiger partial charge is 0.282 e. The maximum absolute atomic E-state index is 4.53. The van der Waals surface area contributed by atoms with Crippen LogP contribution in [0.1, 0.15) is 22.4 Å². The minimum Gasteiger partial charge on any atom is -0.282 e. The zero-order valence-corrected chi connectivity index (χ0v) is 12.6. The van der Waals surface area contributed by atoms with Crippen molar-refractivity contribution >= 4 is 5.57 Å². The molecule has 2 heteroatoms. The molecule has 1 N–H and O–H groups in total. The standard InChI is InChI=1S/C20H18N2/c1-14-19(20(22-21-14)16-8-3-2-4-9-16)13-17-12-11-15-7-5-6-10-18(15)17/h2-10,12H,11,13H2,1H3,(H,21,22). The molecule has 108 valence electrons. The molecule has 0 radical (unpaired) electrons. The third-order valence-corrected chi connectivity index (χ3v) is 4.42. The third-order valence-electron chi connectivity index (χ3n) is 4.42. The highest BCUT2D eigenvalue weighted by atomic mass is 15.1. The average Bonchev–Trinajstić information content (AvgIpc) is 3.14. The summed E-state index contributed by atoms with van der Waals surface area (Å²) in [6.45, 7) is 2.11. The van der Waals surface area contributed by atoms with Crippen molar-refractivity contribution in [2.24, 2.45) is 0 Å². The van der Waals surface area contributed by atoms with E-state index in [2.05, 4.69) is 71.7 Å². The Morgan fingerprint density at radius 2 is 1.77 bits per heavy atom. The van der Waals surface area contributed by atoms with Crippen molar-refractivity contribution in [2.45, 2.75) is 19.8 Å². The van der Waals surface area contributed by atoms with E-state index in [4.69, 9.17) is 0 Å². The number of aromatic amines is 1. The van der Waals surface area contributed by atoms with Crippen molar-refractivity contribution in [3.05, 3.63) is 83.1 Å². The predicted molar refractivity (Wildman–Crippen MR) is 90.6 cm³/mol. The molecule has 1 aromatic heterocycles. The van der Waals surface area contributed by atoms with Crippen molar-refractivity contribution in [2.75, 3.05) is 0 Å². The maximum Gasteiger partial charge on any atom is 0.0958 e. The SMILES string of the molecule is Cc1[nH]nc(-c2ccccc2)c1CC1=CCc2ccccc21. The fourth-order valence-electron chi connectivity index (χ4n) is 3.22. The highest BCUT2D eigenvalue weighted by Gasteiger charge is 2.18. The molecule has 3 aromatic rings. The first-order valence-electron chi connectivity index (χ1n) is 7.69. The van der Waals surface area contributed by atoms with Crippen molar-refractivity contribution in [3.63, 3.8) is 0 Å². The monoisotopic (exact) mass is 286 g/mol. The molecule has 0 bridgehead atoms. The summed E-state index contributed by atoms with van der Waals surface area (Å²) >= 11 is 0. The minimum absolute atomic E-state index is 0.934. The first-order chi connectivity index (χ1) is 10.8. The van der Waals surface area contributed by atoms with Crippen LogP contribution in [0.15, 0.2) is 60.7 Å². The average molecular weight is 286 g/mol. The Bertz CT molecular complexity index is 841. The van der Waals surface area contributed by atoms with E-state index < -0.39 is 0 Å². The second-order valence-electron chi connectivity index (χ2n) is 5.81. The second-order valence-corrected chi connectivity index (χ2v) is 5.81. The molecule has 0 saturated heterocycles. The van der Waals surface area contributed by atoms with Crippen LogP contribution in [-0.4, -0.2) is 10.2 Å². The number of rotatable bonds is 3. The lowest BCUT2D eigenvalue weighted by atomic mass is 9.96. The van der Waals surface area contributed by atoms with Crippen LogP contribution in [0.5, 0.6) is 0 Å². The molecular weight excluding hydrogens is 268 g/mol. The summed E-state index contributed by atoms with van der Waals surface area (Å²) in [5.41, 5.74) is 8.94. The lowest BCUT2D eigenvalue weighted by Crippen LogP contribution is -1.93. The molecule has 22 heavy (non-hydrogen) atoms. The molecule has 0 unspecified atom stereocenters. The van der Waals surface area contributed by atoms with Gasteiger partial charge in [-0.1, -0.05) is 60.7 Å². The molecule has 2 aromatic carbocycles. The van der Waals surface area contributed by atoms with E-state index in [1.165, 1.54) is 27.8 Å². The number of H-pyrrole nitrogens is 1. The minimum atomic E-state index is 0.934. The summed E-state index contributed by atoms with van der Waals surface area (Å²) in [4.78, 5) is 0. The molecule has 1 aliphatic carbocycles. The van der Waals surface area contributed by atoms with Gasteiger partial charge in [-0.3, -0.25) is 5.10 Å². The van der Waals surface area contributed by atoms with Gasteiger partial charge in [-0.05, 0) is 30.0 Å². The van der Waals surface area contributed by atoms with Crippen molar-refractivity contribution in [1.29, 1.82) is 0 Å². The number of nitrogens with zero attached hydrogens (tertiary/aromatic N) is 1. The van der Waals surface area contributed by atoms with Crippen molar-refractivity contribution < 1.29 is 0 Å². The van der Waals surface area contributed by atoms with Gasteiger partial charge in [-0.25, -0.2) is 0 Å². The first kappa shape index (κ1) is 13.1. The van der Waals surface area contributed by atoms with Crippen LogP contribution in [0.2, 0.25) is 0 Å². The predicted octanol–water partition coefficient (Wildman–Crippen LogP) is 4.57. The molecule has 1 heterocycles. The van der Waals surface area contributed by atoms with Crippen molar-refractivity contribution in [1.82, 2.24) is 10.2 Å². The lowest BCUT2D eigenvalue weighted by Gasteiger charge is -2.08. The van der Waals surface area contributed by atoms with E-state index in [1.807, 2.05) is 6.07 Å². The zero-order valence-electron chi connectivity index (χ0n) is 12.6. The molecule has 2 nitrogen and oxygen atoms in total. The van der Waals surface area contributed by atoms with Gasteiger partial charge in [0.25, 0.3) is 0 Å². The molecule has 0 spiro atoms. The number of benzene rings is 2. The molecule has 0 fully saturated rings. The smallest absolute Gasteiger partial charge is 0.0958 e. The summed E-state index contributed by atoms with van der Waals surface area (Å²) in [6, 6.07) is 19.1. The summed E-state index contributed by atoms with van der Waals surface area (Å²) in [5.74, 6) is 0. The number of nitrogens with one attached hydrogen (secondary N) is 1. The van der Waals surface area contributed by atoms with E-state index in [0.29, 0.717) is 0 Å². The van der Waals surface area contributed by atoms with Gasteiger partial charge in [-0.2, -0.15) is 5.10 Å². The fourth-order valence-corrected chi connectivity index (χ4v) is 3.22. The summed E-state index contributed by atoms with van der Waals surface area (Å²) < 4.78 is 0. The number of fused-ring (bicyclic) bond motifs is 1. The quantitative estimate of drug-likeness (QED) is 0.751. The van der Waals surface area contributed by atoms with Crippen LogP contribution in [0.4, 0.5) is 0 Å². The number of allylic oxidation sites excluding steroid dienone is 2. The van der Waals surface area contributed by atoms with E-state index in [9.17, 15) is 0 Å². The van der Waals surface area contributed by atoms with Crippen LogP contribution >= 0.6 is 0 Å². The van der Waals surface area contributed by atoms with Gasteiger partial charge >= 0.3 is 0 Å². The molecule has 4 rings (SSSR count). The number of aryl methyl sites for hydroxylation is 1. The first-order valence-corrected chi connectivity index (χ1v) is 7.69. The van der Waals surface area contributed by atoms with E-state index in [0.717, 1.165) is 24.2 Å².